The maximum absolute atomic E-state index is 12.8. The van der Waals surface area contributed by atoms with E-state index in [2.05, 4.69) is 48.5 Å². The molecule has 2 N–H and O–H groups in total. The van der Waals surface area contributed by atoms with Crippen LogP contribution in [0.2, 0.25) is 0 Å². The van der Waals surface area contributed by atoms with Gasteiger partial charge in [-0.1, -0.05) is 12.2 Å². The van der Waals surface area contributed by atoms with Crippen molar-refractivity contribution in [1.29, 1.82) is 0 Å². The van der Waals surface area contributed by atoms with Crippen molar-refractivity contribution < 1.29 is 9.59 Å². The minimum atomic E-state index is -0.0877. The third kappa shape index (κ3) is 4.66. The van der Waals surface area contributed by atoms with Gasteiger partial charge in [0.2, 0.25) is 11.8 Å². The molecule has 1 saturated carbocycles. The Labute approximate surface area is 186 Å². The first-order chi connectivity index (χ1) is 15.0. The van der Waals surface area contributed by atoms with Crippen LogP contribution in [0, 0.1) is 29.6 Å². The Hall–Kier alpha value is -1.89. The maximum Gasteiger partial charge on any atom is 0.233 e. The zero-order valence-electron chi connectivity index (χ0n) is 19.3. The Kier molecular flexibility index (Phi) is 6.99. The maximum atomic E-state index is 12.8. The lowest BCUT2D eigenvalue weighted by molar-refractivity contribution is -0.140. The SMILES string of the molecule is CCNC(=NCC1CCCN(C(C)C)C1)NCCCN1C(=O)C2C3C=CC(C3)C2C1=O. The summed E-state index contributed by atoms with van der Waals surface area (Å²) in [6.07, 6.45) is 8.51. The Balaban J connectivity index is 1.22. The highest BCUT2D eigenvalue weighted by atomic mass is 16.2. The van der Waals surface area contributed by atoms with Crippen molar-refractivity contribution in [3.63, 3.8) is 0 Å². The zero-order chi connectivity index (χ0) is 22.0. The highest BCUT2D eigenvalue weighted by molar-refractivity contribution is 6.06. The van der Waals surface area contributed by atoms with Crippen LogP contribution in [0.4, 0.5) is 0 Å². The summed E-state index contributed by atoms with van der Waals surface area (Å²) in [6.45, 7) is 11.8. The van der Waals surface area contributed by atoms with Gasteiger partial charge in [0.1, 0.15) is 0 Å². The number of nitrogens with one attached hydrogen (secondary N) is 2. The molecule has 5 unspecified atom stereocenters. The Morgan fingerprint density at radius 1 is 1.16 bits per heavy atom. The van der Waals surface area contributed by atoms with E-state index in [0.717, 1.165) is 38.4 Å². The number of allylic oxidation sites excluding steroid dienone is 2. The molecule has 2 saturated heterocycles. The smallest absolute Gasteiger partial charge is 0.233 e. The van der Waals surface area contributed by atoms with Crippen molar-refractivity contribution in [2.24, 2.45) is 34.6 Å². The number of likely N-dealkylation sites (tertiary alicyclic amines) is 2. The highest BCUT2D eigenvalue weighted by Gasteiger charge is 2.58. The normalized spacial score (nSPS) is 33.0. The number of imide groups is 1. The van der Waals surface area contributed by atoms with Gasteiger partial charge in [-0.25, -0.2) is 0 Å². The summed E-state index contributed by atoms with van der Waals surface area (Å²) in [5.41, 5.74) is 0. The number of rotatable bonds is 8. The van der Waals surface area contributed by atoms with Crippen molar-refractivity contribution in [3.8, 4) is 0 Å². The third-order valence-electron chi connectivity index (χ3n) is 7.55. The fraction of sp³-hybridized carbons (Fsp3) is 0.792. The zero-order valence-corrected chi connectivity index (χ0v) is 19.3. The molecule has 2 aliphatic heterocycles. The Morgan fingerprint density at radius 2 is 1.87 bits per heavy atom. The number of hydrogen-bond donors (Lipinski definition) is 2. The second-order valence-electron chi connectivity index (χ2n) is 9.92. The summed E-state index contributed by atoms with van der Waals surface area (Å²) < 4.78 is 0. The Morgan fingerprint density at radius 3 is 2.52 bits per heavy atom. The number of aliphatic imine (C=N–C) groups is 1. The number of guanidine groups is 1. The molecule has 4 rings (SSSR count). The first-order valence-corrected chi connectivity index (χ1v) is 12.3. The molecule has 2 aliphatic carbocycles. The van der Waals surface area contributed by atoms with Gasteiger partial charge in [0.15, 0.2) is 5.96 Å². The fourth-order valence-electron chi connectivity index (χ4n) is 5.91. The van der Waals surface area contributed by atoms with Crippen molar-refractivity contribution >= 4 is 17.8 Å². The van der Waals surface area contributed by atoms with Crippen molar-refractivity contribution in [3.05, 3.63) is 12.2 Å². The molecule has 2 amide bonds. The van der Waals surface area contributed by atoms with E-state index in [1.807, 2.05) is 0 Å². The minimum absolute atomic E-state index is 0.0550. The van der Waals surface area contributed by atoms with Gasteiger partial charge in [-0.15, -0.1) is 0 Å². The molecule has 2 heterocycles. The third-order valence-corrected chi connectivity index (χ3v) is 7.55. The molecule has 0 aromatic carbocycles. The van der Waals surface area contributed by atoms with Crippen molar-refractivity contribution in [1.82, 2.24) is 20.4 Å². The lowest BCUT2D eigenvalue weighted by Gasteiger charge is -2.34. The molecular weight excluding hydrogens is 390 g/mol. The second kappa shape index (κ2) is 9.72. The lowest BCUT2D eigenvalue weighted by Crippen LogP contribution is -2.42. The van der Waals surface area contributed by atoms with E-state index < -0.39 is 0 Å². The molecule has 172 valence electrons. The topological polar surface area (TPSA) is 77.0 Å². The predicted molar refractivity (Wildman–Crippen MR) is 122 cm³/mol. The first-order valence-electron chi connectivity index (χ1n) is 12.3. The average molecular weight is 430 g/mol. The van der Waals surface area contributed by atoms with Crippen LogP contribution in [0.3, 0.4) is 0 Å². The first kappa shape index (κ1) is 22.3. The van der Waals surface area contributed by atoms with Gasteiger partial charge >= 0.3 is 0 Å². The Bertz CT molecular complexity index is 703. The van der Waals surface area contributed by atoms with E-state index in [4.69, 9.17) is 4.99 Å². The van der Waals surface area contributed by atoms with Crippen molar-refractivity contribution in [2.75, 3.05) is 39.3 Å². The molecule has 0 aromatic rings. The van der Waals surface area contributed by atoms with Crippen LogP contribution < -0.4 is 10.6 Å². The summed E-state index contributed by atoms with van der Waals surface area (Å²) in [5, 5.41) is 6.72. The van der Waals surface area contributed by atoms with Gasteiger partial charge in [0, 0.05) is 38.8 Å². The lowest BCUT2D eigenvalue weighted by atomic mass is 9.85. The number of fused-ring (bicyclic) bond motifs is 5. The molecule has 0 aromatic heterocycles. The van der Waals surface area contributed by atoms with Gasteiger partial charge in [-0.2, -0.15) is 0 Å². The average Bonchev–Trinajstić information content (AvgIpc) is 3.44. The van der Waals surface area contributed by atoms with E-state index in [0.29, 0.717) is 25.0 Å². The van der Waals surface area contributed by atoms with Crippen LogP contribution in [0.15, 0.2) is 17.1 Å². The van der Waals surface area contributed by atoms with E-state index in [1.165, 1.54) is 24.3 Å². The number of carbonyl (C=O) groups is 2. The van der Waals surface area contributed by atoms with E-state index >= 15 is 0 Å². The highest BCUT2D eigenvalue weighted by Crippen LogP contribution is 2.52. The van der Waals surface area contributed by atoms with Crippen LogP contribution in [-0.4, -0.2) is 72.9 Å². The molecule has 7 heteroatoms. The summed E-state index contributed by atoms with van der Waals surface area (Å²) >= 11 is 0. The van der Waals surface area contributed by atoms with E-state index in [-0.39, 0.29) is 35.5 Å². The quantitative estimate of drug-likeness (QED) is 0.202. The summed E-state index contributed by atoms with van der Waals surface area (Å²) in [6, 6.07) is 0.597. The second-order valence-corrected chi connectivity index (χ2v) is 9.92. The van der Waals surface area contributed by atoms with E-state index in [1.54, 1.807) is 0 Å². The monoisotopic (exact) mass is 429 g/mol. The van der Waals surface area contributed by atoms with Gasteiger partial charge in [0.05, 0.1) is 11.8 Å². The fourth-order valence-corrected chi connectivity index (χ4v) is 5.91. The summed E-state index contributed by atoms with van der Waals surface area (Å²) in [7, 11) is 0. The largest absolute Gasteiger partial charge is 0.357 e. The predicted octanol–water partition coefficient (Wildman–Crippen LogP) is 1.86. The van der Waals surface area contributed by atoms with Crippen LogP contribution in [0.5, 0.6) is 0 Å². The van der Waals surface area contributed by atoms with Gasteiger partial charge in [-0.05, 0) is 70.8 Å². The minimum Gasteiger partial charge on any atom is -0.357 e. The molecule has 7 nitrogen and oxygen atoms in total. The molecule has 31 heavy (non-hydrogen) atoms. The number of piperidine rings is 1. The van der Waals surface area contributed by atoms with Gasteiger partial charge < -0.3 is 15.5 Å². The molecule has 3 fully saturated rings. The van der Waals surface area contributed by atoms with Crippen LogP contribution in [0.1, 0.15) is 46.5 Å². The number of amides is 2. The van der Waals surface area contributed by atoms with Crippen LogP contribution in [-0.2, 0) is 9.59 Å². The molecule has 2 bridgehead atoms. The standard InChI is InChI=1S/C24H39N5O2/c1-4-25-24(27-14-17-7-5-11-28(15-17)16(2)3)26-10-6-12-29-22(30)20-18-8-9-19(13-18)21(20)23(29)31/h8-9,16-21H,4-7,10-15H2,1-3H3,(H2,25,26,27). The molecule has 0 spiro atoms. The van der Waals surface area contributed by atoms with Crippen molar-refractivity contribution in [2.45, 2.75) is 52.5 Å². The molecule has 5 atom stereocenters. The van der Waals surface area contributed by atoms with Crippen LogP contribution in [0.25, 0.3) is 0 Å². The summed E-state index contributed by atoms with van der Waals surface area (Å²) in [5.74, 6) is 1.95. The summed E-state index contributed by atoms with van der Waals surface area (Å²) in [4.78, 5) is 34.4. The molecular formula is C24H39N5O2. The van der Waals surface area contributed by atoms with E-state index in [9.17, 15) is 9.59 Å². The van der Waals surface area contributed by atoms with Crippen LogP contribution >= 0.6 is 0 Å². The van der Waals surface area contributed by atoms with Gasteiger partial charge in [0.25, 0.3) is 0 Å². The number of hydrogen-bond acceptors (Lipinski definition) is 4. The number of carbonyl (C=O) groups excluding carboxylic acids is 2. The number of nitrogens with zero attached hydrogens (tertiary/aromatic N) is 3. The van der Waals surface area contributed by atoms with Gasteiger partial charge in [-0.3, -0.25) is 19.5 Å². The molecule has 0 radical (unpaired) electrons. The molecule has 4 aliphatic rings.